The second-order valence-corrected chi connectivity index (χ2v) is 6.00. The average molecular weight is 213 g/mol. The van der Waals surface area contributed by atoms with Gasteiger partial charge in [-0.05, 0) is 60.0 Å². The van der Waals surface area contributed by atoms with Crippen LogP contribution in [0.4, 0.5) is 0 Å². The molecule has 2 heteroatoms. The molecule has 0 radical (unpaired) electrons. The Labute approximate surface area is 95.0 Å². The molecule has 1 saturated heterocycles. The summed E-state index contributed by atoms with van der Waals surface area (Å²) in [6.07, 6.45) is 5.21. The first-order chi connectivity index (χ1) is 6.87. The van der Waals surface area contributed by atoms with Crippen molar-refractivity contribution >= 4 is 0 Å². The highest BCUT2D eigenvalue weighted by Gasteiger charge is 2.33. The molecule has 1 rings (SSSR count). The molecule has 0 aliphatic carbocycles. The highest BCUT2D eigenvalue weighted by atomic mass is 16.5. The molecule has 0 N–H and O–H groups in total. The third kappa shape index (κ3) is 3.76. The van der Waals surface area contributed by atoms with Gasteiger partial charge in [-0.25, -0.2) is 0 Å². The Balaban J connectivity index is 2.56. The lowest BCUT2D eigenvalue weighted by atomic mass is 9.86. The first-order valence-electron chi connectivity index (χ1n) is 6.18. The third-order valence-electron chi connectivity index (χ3n) is 3.62. The van der Waals surface area contributed by atoms with Crippen LogP contribution in [0.1, 0.15) is 53.4 Å². The number of piperidine rings is 1. The van der Waals surface area contributed by atoms with Gasteiger partial charge in [0.25, 0.3) is 0 Å². The zero-order valence-corrected chi connectivity index (χ0v) is 11.1. The van der Waals surface area contributed by atoms with E-state index in [2.05, 4.69) is 32.6 Å². The summed E-state index contributed by atoms with van der Waals surface area (Å²) in [5, 5.41) is 0. The quantitative estimate of drug-likeness (QED) is 0.711. The fourth-order valence-corrected chi connectivity index (χ4v) is 2.73. The molecule has 0 aromatic heterocycles. The van der Waals surface area contributed by atoms with Crippen molar-refractivity contribution in [2.24, 2.45) is 0 Å². The Bertz CT molecular complexity index is 193. The molecule has 2 nitrogen and oxygen atoms in total. The minimum absolute atomic E-state index is 0.0129. The van der Waals surface area contributed by atoms with Crippen LogP contribution in [0.15, 0.2) is 0 Å². The van der Waals surface area contributed by atoms with E-state index in [9.17, 15) is 0 Å². The molecule has 15 heavy (non-hydrogen) atoms. The Kier molecular flexibility index (Phi) is 4.19. The molecule has 1 aliphatic rings. The summed E-state index contributed by atoms with van der Waals surface area (Å²) in [5.41, 5.74) is 0.251. The van der Waals surface area contributed by atoms with Crippen LogP contribution in [0.25, 0.3) is 0 Å². The lowest BCUT2D eigenvalue weighted by molar-refractivity contribution is -0.0353. The van der Waals surface area contributed by atoms with Gasteiger partial charge in [-0.2, -0.15) is 0 Å². The summed E-state index contributed by atoms with van der Waals surface area (Å²) in [7, 11) is 1.81. The fraction of sp³-hybridized carbons (Fsp3) is 1.00. The molecule has 0 aromatic rings. The minimum Gasteiger partial charge on any atom is -0.379 e. The molecule has 0 spiro atoms. The van der Waals surface area contributed by atoms with Gasteiger partial charge in [0.05, 0.1) is 5.60 Å². The lowest BCUT2D eigenvalue weighted by Crippen LogP contribution is -2.50. The Hall–Kier alpha value is -0.0800. The van der Waals surface area contributed by atoms with Gasteiger partial charge in [0.1, 0.15) is 0 Å². The predicted octanol–water partition coefficient (Wildman–Crippen LogP) is 3.07. The van der Waals surface area contributed by atoms with Crippen molar-refractivity contribution in [3.8, 4) is 0 Å². The molecule has 0 unspecified atom stereocenters. The molecular weight excluding hydrogens is 186 g/mol. The van der Waals surface area contributed by atoms with E-state index in [-0.39, 0.29) is 11.1 Å². The lowest BCUT2D eigenvalue weighted by Gasteiger charge is -2.44. The van der Waals surface area contributed by atoms with E-state index in [0.717, 1.165) is 6.42 Å². The normalized spacial score (nSPS) is 20.6. The van der Waals surface area contributed by atoms with Gasteiger partial charge in [-0.1, -0.05) is 6.42 Å². The molecule has 0 amide bonds. The van der Waals surface area contributed by atoms with E-state index in [1.807, 2.05) is 7.11 Å². The number of likely N-dealkylation sites (tertiary alicyclic amines) is 1. The molecule has 0 saturated carbocycles. The number of nitrogens with zero attached hydrogens (tertiary/aromatic N) is 1. The fourth-order valence-electron chi connectivity index (χ4n) is 2.73. The Morgan fingerprint density at radius 2 is 1.53 bits per heavy atom. The molecular formula is C13H27NO. The van der Waals surface area contributed by atoms with Crippen LogP contribution in [0.5, 0.6) is 0 Å². The SMILES string of the molecule is COC(C)(C)CC(C)(C)N1CCCCC1. The van der Waals surface area contributed by atoms with Gasteiger partial charge >= 0.3 is 0 Å². The topological polar surface area (TPSA) is 12.5 Å². The van der Waals surface area contributed by atoms with E-state index < -0.39 is 0 Å². The second kappa shape index (κ2) is 4.84. The average Bonchev–Trinajstić information content (AvgIpc) is 2.18. The molecule has 1 fully saturated rings. The van der Waals surface area contributed by atoms with E-state index in [1.165, 1.54) is 32.4 Å². The highest BCUT2D eigenvalue weighted by Crippen LogP contribution is 2.30. The van der Waals surface area contributed by atoms with Gasteiger partial charge in [0.2, 0.25) is 0 Å². The summed E-state index contributed by atoms with van der Waals surface area (Å²) in [5.74, 6) is 0. The van der Waals surface area contributed by atoms with E-state index in [0.29, 0.717) is 0 Å². The van der Waals surface area contributed by atoms with E-state index >= 15 is 0 Å². The summed E-state index contributed by atoms with van der Waals surface area (Å²) in [6, 6.07) is 0. The predicted molar refractivity (Wildman–Crippen MR) is 65.2 cm³/mol. The van der Waals surface area contributed by atoms with Crippen LogP contribution in [0, 0.1) is 0 Å². The number of hydrogen-bond acceptors (Lipinski definition) is 2. The number of methoxy groups -OCH3 is 1. The smallest absolute Gasteiger partial charge is 0.0640 e. The maximum absolute atomic E-state index is 5.54. The first kappa shape index (κ1) is 13.0. The molecule has 90 valence electrons. The van der Waals surface area contributed by atoms with Crippen LogP contribution in [0.2, 0.25) is 0 Å². The van der Waals surface area contributed by atoms with Crippen molar-refractivity contribution in [2.75, 3.05) is 20.2 Å². The van der Waals surface area contributed by atoms with Crippen LogP contribution in [-0.4, -0.2) is 36.2 Å². The molecule has 0 aromatic carbocycles. The van der Waals surface area contributed by atoms with Crippen molar-refractivity contribution in [3.63, 3.8) is 0 Å². The Morgan fingerprint density at radius 3 is 2.00 bits per heavy atom. The summed E-state index contributed by atoms with van der Waals surface area (Å²) in [4.78, 5) is 2.62. The first-order valence-corrected chi connectivity index (χ1v) is 6.18. The zero-order chi connectivity index (χ0) is 11.5. The van der Waals surface area contributed by atoms with Crippen LogP contribution in [0.3, 0.4) is 0 Å². The van der Waals surface area contributed by atoms with Crippen molar-refractivity contribution in [1.82, 2.24) is 4.90 Å². The maximum atomic E-state index is 5.54. The van der Waals surface area contributed by atoms with Gasteiger partial charge in [-0.15, -0.1) is 0 Å². The number of hydrogen-bond donors (Lipinski definition) is 0. The number of rotatable bonds is 4. The van der Waals surface area contributed by atoms with Crippen molar-refractivity contribution in [1.29, 1.82) is 0 Å². The summed E-state index contributed by atoms with van der Waals surface area (Å²) < 4.78 is 5.54. The maximum Gasteiger partial charge on any atom is 0.0640 e. The molecule has 1 aliphatic heterocycles. The van der Waals surface area contributed by atoms with Gasteiger partial charge in [0, 0.05) is 12.6 Å². The standard InChI is InChI=1S/C13H27NO/c1-12(2,11-13(3,4)15-5)14-9-7-6-8-10-14/h6-11H2,1-5H3. The van der Waals surface area contributed by atoms with Crippen molar-refractivity contribution < 1.29 is 4.74 Å². The number of ether oxygens (including phenoxy) is 1. The van der Waals surface area contributed by atoms with Gasteiger partial charge in [-0.3, -0.25) is 4.90 Å². The monoisotopic (exact) mass is 213 g/mol. The second-order valence-electron chi connectivity index (χ2n) is 6.00. The molecule has 0 atom stereocenters. The van der Waals surface area contributed by atoms with Gasteiger partial charge in [0.15, 0.2) is 0 Å². The molecule has 0 bridgehead atoms. The van der Waals surface area contributed by atoms with Crippen molar-refractivity contribution in [3.05, 3.63) is 0 Å². The largest absolute Gasteiger partial charge is 0.379 e. The van der Waals surface area contributed by atoms with E-state index in [4.69, 9.17) is 4.74 Å². The van der Waals surface area contributed by atoms with Crippen molar-refractivity contribution in [2.45, 2.75) is 64.5 Å². The van der Waals surface area contributed by atoms with E-state index in [1.54, 1.807) is 0 Å². The Morgan fingerprint density at radius 1 is 1.00 bits per heavy atom. The summed E-state index contributed by atoms with van der Waals surface area (Å²) >= 11 is 0. The van der Waals surface area contributed by atoms with Crippen LogP contribution in [-0.2, 0) is 4.74 Å². The highest BCUT2D eigenvalue weighted by molar-refractivity contribution is 4.89. The van der Waals surface area contributed by atoms with Gasteiger partial charge < -0.3 is 4.74 Å². The zero-order valence-electron chi connectivity index (χ0n) is 11.1. The molecule has 1 heterocycles. The minimum atomic E-state index is -0.0129. The third-order valence-corrected chi connectivity index (χ3v) is 3.62. The van der Waals surface area contributed by atoms with Crippen LogP contribution >= 0.6 is 0 Å². The van der Waals surface area contributed by atoms with Crippen LogP contribution < -0.4 is 0 Å². The summed E-state index contributed by atoms with van der Waals surface area (Å²) in [6.45, 7) is 11.6.